The Kier molecular flexibility index (Phi) is 6.07. The molecule has 0 radical (unpaired) electrons. The summed E-state index contributed by atoms with van der Waals surface area (Å²) in [6.07, 6.45) is 1.39. The highest BCUT2D eigenvalue weighted by atomic mass is 16.6. The molecule has 7 nitrogen and oxygen atoms in total. The van der Waals surface area contributed by atoms with Crippen molar-refractivity contribution >= 4 is 17.8 Å². The molecule has 0 bridgehead atoms. The number of ether oxygens (including phenoxy) is 5. The SMILES string of the molecule is COc1cccc(C=C2Oc3cc(OCC(=O)OC(C)C)ccc3C2=O)c1OC. The van der Waals surface area contributed by atoms with Crippen molar-refractivity contribution in [3.8, 4) is 23.0 Å². The minimum absolute atomic E-state index is 0.155. The third-order valence-corrected chi connectivity index (χ3v) is 4.09. The van der Waals surface area contributed by atoms with E-state index in [0.717, 1.165) is 0 Å². The van der Waals surface area contributed by atoms with Crippen LogP contribution in [0.4, 0.5) is 0 Å². The normalized spacial score (nSPS) is 13.8. The first-order chi connectivity index (χ1) is 13.9. The van der Waals surface area contributed by atoms with E-state index < -0.39 is 5.97 Å². The second-order valence-corrected chi connectivity index (χ2v) is 6.51. The van der Waals surface area contributed by atoms with Gasteiger partial charge in [-0.15, -0.1) is 0 Å². The maximum absolute atomic E-state index is 12.7. The number of para-hydroxylation sites is 1. The van der Waals surface area contributed by atoms with Crippen LogP contribution in [0.1, 0.15) is 29.8 Å². The fraction of sp³-hybridized carbons (Fsp3) is 0.273. The molecular weight excluding hydrogens is 376 g/mol. The highest BCUT2D eigenvalue weighted by molar-refractivity contribution is 6.14. The molecule has 0 amide bonds. The van der Waals surface area contributed by atoms with Gasteiger partial charge in [0.25, 0.3) is 0 Å². The van der Waals surface area contributed by atoms with Gasteiger partial charge in [0.05, 0.1) is 25.9 Å². The van der Waals surface area contributed by atoms with Gasteiger partial charge in [-0.25, -0.2) is 4.79 Å². The molecule has 1 aliphatic heterocycles. The standard InChI is InChI=1S/C22H22O7/c1-13(2)28-20(23)12-27-15-8-9-16-18(11-15)29-19(21(16)24)10-14-6-5-7-17(25-3)22(14)26-4/h5-11,13H,12H2,1-4H3. The van der Waals surface area contributed by atoms with Gasteiger partial charge in [-0.1, -0.05) is 12.1 Å². The van der Waals surface area contributed by atoms with Crippen molar-refractivity contribution in [3.63, 3.8) is 0 Å². The van der Waals surface area contributed by atoms with Crippen molar-refractivity contribution in [2.75, 3.05) is 20.8 Å². The largest absolute Gasteiger partial charge is 0.493 e. The van der Waals surface area contributed by atoms with E-state index in [2.05, 4.69) is 0 Å². The lowest BCUT2D eigenvalue weighted by atomic mass is 10.1. The number of hydrogen-bond donors (Lipinski definition) is 0. The second-order valence-electron chi connectivity index (χ2n) is 6.51. The van der Waals surface area contributed by atoms with Crippen LogP contribution in [0.5, 0.6) is 23.0 Å². The van der Waals surface area contributed by atoms with Crippen LogP contribution < -0.4 is 18.9 Å². The van der Waals surface area contributed by atoms with E-state index in [1.165, 1.54) is 7.11 Å². The van der Waals surface area contributed by atoms with Crippen molar-refractivity contribution in [2.24, 2.45) is 0 Å². The van der Waals surface area contributed by atoms with Crippen LogP contribution in [-0.2, 0) is 9.53 Å². The molecule has 0 unspecified atom stereocenters. The Balaban J connectivity index is 1.79. The number of methoxy groups -OCH3 is 2. The predicted octanol–water partition coefficient (Wildman–Crippen LogP) is 3.65. The van der Waals surface area contributed by atoms with Crippen LogP contribution in [0.3, 0.4) is 0 Å². The van der Waals surface area contributed by atoms with Gasteiger partial charge in [0, 0.05) is 11.6 Å². The van der Waals surface area contributed by atoms with Gasteiger partial charge in [-0.2, -0.15) is 0 Å². The monoisotopic (exact) mass is 398 g/mol. The minimum Gasteiger partial charge on any atom is -0.493 e. The third kappa shape index (κ3) is 4.51. The summed E-state index contributed by atoms with van der Waals surface area (Å²) in [5.41, 5.74) is 1.06. The number of carbonyl (C=O) groups is 2. The van der Waals surface area contributed by atoms with E-state index in [0.29, 0.717) is 34.1 Å². The summed E-state index contributed by atoms with van der Waals surface area (Å²) in [7, 11) is 3.07. The molecule has 0 atom stereocenters. The minimum atomic E-state index is -0.469. The lowest BCUT2D eigenvalue weighted by Crippen LogP contribution is -2.18. The number of rotatable bonds is 7. The Morgan fingerprint density at radius 2 is 1.93 bits per heavy atom. The van der Waals surface area contributed by atoms with Gasteiger partial charge < -0.3 is 23.7 Å². The average Bonchev–Trinajstić information content (AvgIpc) is 3.00. The molecule has 7 heteroatoms. The number of hydrogen-bond acceptors (Lipinski definition) is 7. The van der Waals surface area contributed by atoms with Crippen LogP contribution in [0.2, 0.25) is 0 Å². The number of allylic oxidation sites excluding steroid dienone is 1. The molecule has 1 aliphatic rings. The summed E-state index contributed by atoms with van der Waals surface area (Å²) in [5.74, 6) is 1.24. The fourth-order valence-electron chi connectivity index (χ4n) is 2.86. The van der Waals surface area contributed by atoms with Crippen molar-refractivity contribution in [3.05, 3.63) is 53.3 Å². The van der Waals surface area contributed by atoms with E-state index in [1.54, 1.807) is 63.4 Å². The molecule has 0 spiro atoms. The van der Waals surface area contributed by atoms with Gasteiger partial charge in [0.2, 0.25) is 5.78 Å². The Bertz CT molecular complexity index is 960. The third-order valence-electron chi connectivity index (χ3n) is 4.09. The van der Waals surface area contributed by atoms with Crippen molar-refractivity contribution < 1.29 is 33.3 Å². The highest BCUT2D eigenvalue weighted by Crippen LogP contribution is 2.37. The summed E-state index contributed by atoms with van der Waals surface area (Å²) in [4.78, 5) is 24.3. The van der Waals surface area contributed by atoms with Crippen LogP contribution in [0, 0.1) is 0 Å². The Morgan fingerprint density at radius 3 is 2.62 bits per heavy atom. The number of benzene rings is 2. The molecule has 2 aromatic rings. The molecule has 0 aromatic heterocycles. The second kappa shape index (κ2) is 8.68. The molecule has 0 saturated carbocycles. The fourth-order valence-corrected chi connectivity index (χ4v) is 2.86. The molecule has 152 valence electrons. The number of carbonyl (C=O) groups excluding carboxylic acids is 2. The van der Waals surface area contributed by atoms with E-state index in [1.807, 2.05) is 0 Å². The molecular formula is C22H22O7. The maximum Gasteiger partial charge on any atom is 0.344 e. The zero-order valence-electron chi connectivity index (χ0n) is 16.7. The van der Waals surface area contributed by atoms with Crippen molar-refractivity contribution in [1.82, 2.24) is 0 Å². The molecule has 2 aromatic carbocycles. The van der Waals surface area contributed by atoms with Crippen LogP contribution in [-0.4, -0.2) is 38.7 Å². The van der Waals surface area contributed by atoms with E-state index in [-0.39, 0.29) is 24.3 Å². The van der Waals surface area contributed by atoms with E-state index in [4.69, 9.17) is 23.7 Å². The number of esters is 1. The average molecular weight is 398 g/mol. The Morgan fingerprint density at radius 1 is 1.14 bits per heavy atom. The molecule has 0 saturated heterocycles. The van der Waals surface area contributed by atoms with Crippen LogP contribution in [0.25, 0.3) is 6.08 Å². The number of fused-ring (bicyclic) bond motifs is 1. The van der Waals surface area contributed by atoms with E-state index >= 15 is 0 Å². The summed E-state index contributed by atoms with van der Waals surface area (Å²) in [6, 6.07) is 10.1. The Labute approximate surface area is 168 Å². The number of ketones is 1. The van der Waals surface area contributed by atoms with Crippen molar-refractivity contribution in [1.29, 1.82) is 0 Å². The quantitative estimate of drug-likeness (QED) is 0.520. The lowest BCUT2D eigenvalue weighted by Gasteiger charge is -2.10. The summed E-state index contributed by atoms with van der Waals surface area (Å²) < 4.78 is 26.9. The molecule has 0 aliphatic carbocycles. The first kappa shape index (κ1) is 20.3. The van der Waals surface area contributed by atoms with Crippen molar-refractivity contribution in [2.45, 2.75) is 20.0 Å². The molecule has 29 heavy (non-hydrogen) atoms. The van der Waals surface area contributed by atoms with Crippen LogP contribution >= 0.6 is 0 Å². The predicted molar refractivity (Wildman–Crippen MR) is 106 cm³/mol. The molecule has 1 heterocycles. The van der Waals surface area contributed by atoms with Gasteiger partial charge in [0.15, 0.2) is 23.9 Å². The summed E-state index contributed by atoms with van der Waals surface area (Å²) in [5, 5.41) is 0. The van der Waals surface area contributed by atoms with E-state index in [9.17, 15) is 9.59 Å². The summed E-state index contributed by atoms with van der Waals surface area (Å²) >= 11 is 0. The zero-order chi connectivity index (χ0) is 21.0. The number of Topliss-reactive ketones (excluding diaryl/α,β-unsaturated/α-hetero) is 1. The Hall–Kier alpha value is -3.48. The smallest absolute Gasteiger partial charge is 0.344 e. The topological polar surface area (TPSA) is 80.3 Å². The van der Waals surface area contributed by atoms with Crippen LogP contribution in [0.15, 0.2) is 42.2 Å². The molecule has 0 fully saturated rings. The van der Waals surface area contributed by atoms with Gasteiger partial charge in [0.1, 0.15) is 11.5 Å². The van der Waals surface area contributed by atoms with Gasteiger partial charge >= 0.3 is 5.97 Å². The first-order valence-corrected chi connectivity index (χ1v) is 9.04. The van der Waals surface area contributed by atoms with Gasteiger partial charge in [-0.05, 0) is 38.1 Å². The molecule has 3 rings (SSSR count). The molecule has 0 N–H and O–H groups in total. The lowest BCUT2D eigenvalue weighted by molar-refractivity contribution is -0.149. The zero-order valence-corrected chi connectivity index (χ0v) is 16.7. The van der Waals surface area contributed by atoms with Gasteiger partial charge in [-0.3, -0.25) is 4.79 Å². The highest BCUT2D eigenvalue weighted by Gasteiger charge is 2.28. The maximum atomic E-state index is 12.7. The summed E-state index contributed by atoms with van der Waals surface area (Å²) in [6.45, 7) is 3.30. The first-order valence-electron chi connectivity index (χ1n) is 9.04.